The van der Waals surface area contributed by atoms with E-state index in [2.05, 4.69) is 48.5 Å². The summed E-state index contributed by atoms with van der Waals surface area (Å²) < 4.78 is 0. The molecule has 3 heteroatoms. The van der Waals surface area contributed by atoms with Gasteiger partial charge in [-0.3, -0.25) is 16.3 Å². The number of rotatable bonds is 7. The second-order valence-electron chi connectivity index (χ2n) is 5.40. The first-order chi connectivity index (χ1) is 9.81. The molecule has 3 nitrogen and oxygen atoms in total. The van der Waals surface area contributed by atoms with Crippen molar-refractivity contribution in [2.45, 2.75) is 45.6 Å². The smallest absolute Gasteiger partial charge is 0.0494 e. The van der Waals surface area contributed by atoms with Gasteiger partial charge < -0.3 is 0 Å². The van der Waals surface area contributed by atoms with Crippen LogP contribution < -0.4 is 11.3 Å². The fraction of sp³-hybridized carbons (Fsp3) is 0.471. The number of nitrogens with zero attached hydrogens (tertiary/aromatic N) is 1. The zero-order valence-corrected chi connectivity index (χ0v) is 12.5. The zero-order valence-electron chi connectivity index (χ0n) is 12.5. The number of nitrogens with two attached hydrogens (primary N) is 1. The molecule has 0 aliphatic rings. The molecule has 0 aliphatic heterocycles. The molecule has 0 bridgehead atoms. The van der Waals surface area contributed by atoms with E-state index in [1.165, 1.54) is 35.6 Å². The van der Waals surface area contributed by atoms with Gasteiger partial charge in [0.05, 0.1) is 0 Å². The Morgan fingerprint density at radius 1 is 1.25 bits per heavy atom. The van der Waals surface area contributed by atoms with Gasteiger partial charge >= 0.3 is 0 Å². The van der Waals surface area contributed by atoms with Crippen molar-refractivity contribution in [3.63, 3.8) is 0 Å². The number of hydrogen-bond acceptors (Lipinski definition) is 3. The second kappa shape index (κ2) is 7.36. The normalized spacial score (nSPS) is 14.3. The van der Waals surface area contributed by atoms with Gasteiger partial charge in [-0.15, -0.1) is 0 Å². The van der Waals surface area contributed by atoms with E-state index in [-0.39, 0.29) is 6.04 Å². The van der Waals surface area contributed by atoms with Crippen LogP contribution in [0.1, 0.15) is 51.1 Å². The summed E-state index contributed by atoms with van der Waals surface area (Å²) in [4.78, 5) is 4.20. The maximum atomic E-state index is 5.88. The number of fused-ring (bicyclic) bond motifs is 1. The fourth-order valence-corrected chi connectivity index (χ4v) is 2.97. The molecule has 0 fully saturated rings. The molecule has 0 saturated heterocycles. The molecule has 0 saturated carbocycles. The average Bonchev–Trinajstić information content (AvgIpc) is 2.51. The molecule has 2 aromatic rings. The Morgan fingerprint density at radius 3 is 2.80 bits per heavy atom. The monoisotopic (exact) mass is 271 g/mol. The Bertz CT molecular complexity index is 533. The van der Waals surface area contributed by atoms with Crippen molar-refractivity contribution >= 4 is 10.8 Å². The molecular weight excluding hydrogens is 246 g/mol. The highest BCUT2D eigenvalue weighted by Gasteiger charge is 2.21. The molecule has 0 aliphatic carbocycles. The summed E-state index contributed by atoms with van der Waals surface area (Å²) in [7, 11) is 0. The van der Waals surface area contributed by atoms with Crippen LogP contribution >= 0.6 is 0 Å². The Kier molecular flexibility index (Phi) is 5.50. The quantitative estimate of drug-likeness (QED) is 0.592. The zero-order chi connectivity index (χ0) is 14.4. The number of hydrazine groups is 1. The molecule has 3 N–H and O–H groups in total. The number of hydrogen-bond donors (Lipinski definition) is 2. The Morgan fingerprint density at radius 2 is 2.10 bits per heavy atom. The van der Waals surface area contributed by atoms with Crippen molar-refractivity contribution < 1.29 is 0 Å². The van der Waals surface area contributed by atoms with Crippen LogP contribution in [-0.4, -0.2) is 4.98 Å². The number of nitrogens with one attached hydrogen (secondary N) is 1. The second-order valence-corrected chi connectivity index (χ2v) is 5.40. The van der Waals surface area contributed by atoms with Crippen molar-refractivity contribution in [3.05, 3.63) is 42.2 Å². The number of unbranched alkanes of at least 4 members (excludes halogenated alkanes) is 1. The molecule has 2 unspecified atom stereocenters. The third kappa shape index (κ3) is 3.17. The van der Waals surface area contributed by atoms with E-state index in [1.54, 1.807) is 0 Å². The van der Waals surface area contributed by atoms with Crippen LogP contribution in [0.15, 0.2) is 36.7 Å². The maximum absolute atomic E-state index is 5.88. The average molecular weight is 271 g/mol. The Balaban J connectivity index is 2.37. The third-order valence-corrected chi connectivity index (χ3v) is 4.15. The number of pyridine rings is 1. The summed E-state index contributed by atoms with van der Waals surface area (Å²) in [6, 6.07) is 8.67. The first-order valence-electron chi connectivity index (χ1n) is 7.60. The maximum Gasteiger partial charge on any atom is 0.0494 e. The topological polar surface area (TPSA) is 50.9 Å². The third-order valence-electron chi connectivity index (χ3n) is 4.15. The summed E-state index contributed by atoms with van der Waals surface area (Å²) in [6.45, 7) is 4.48. The van der Waals surface area contributed by atoms with Gasteiger partial charge in [0.15, 0.2) is 0 Å². The van der Waals surface area contributed by atoms with Crippen molar-refractivity contribution in [3.8, 4) is 0 Å². The minimum atomic E-state index is 0.206. The van der Waals surface area contributed by atoms with Gasteiger partial charge in [-0.1, -0.05) is 51.3 Å². The van der Waals surface area contributed by atoms with Crippen LogP contribution in [0.2, 0.25) is 0 Å². The van der Waals surface area contributed by atoms with E-state index in [0.29, 0.717) is 5.92 Å². The van der Waals surface area contributed by atoms with Crippen LogP contribution in [-0.2, 0) is 0 Å². The van der Waals surface area contributed by atoms with E-state index in [4.69, 9.17) is 5.84 Å². The van der Waals surface area contributed by atoms with E-state index in [0.717, 1.165) is 6.42 Å². The minimum Gasteiger partial charge on any atom is -0.271 e. The predicted molar refractivity (Wildman–Crippen MR) is 85.1 cm³/mol. The number of aromatic nitrogens is 1. The van der Waals surface area contributed by atoms with Gasteiger partial charge in [-0.2, -0.15) is 0 Å². The van der Waals surface area contributed by atoms with Gasteiger partial charge in [-0.25, -0.2) is 0 Å². The first-order valence-corrected chi connectivity index (χ1v) is 7.60. The predicted octanol–water partition coefficient (Wildman–Crippen LogP) is 3.96. The minimum absolute atomic E-state index is 0.206. The highest BCUT2D eigenvalue weighted by molar-refractivity contribution is 5.85. The van der Waals surface area contributed by atoms with Crippen molar-refractivity contribution in [2.75, 3.05) is 0 Å². The molecular formula is C17H25N3. The van der Waals surface area contributed by atoms with E-state index >= 15 is 0 Å². The van der Waals surface area contributed by atoms with Gasteiger partial charge in [-0.05, 0) is 29.4 Å². The highest BCUT2D eigenvalue weighted by atomic mass is 15.2. The first kappa shape index (κ1) is 14.9. The number of benzene rings is 1. The van der Waals surface area contributed by atoms with Crippen LogP contribution in [0.5, 0.6) is 0 Å². The van der Waals surface area contributed by atoms with Crippen molar-refractivity contribution in [1.29, 1.82) is 0 Å². The van der Waals surface area contributed by atoms with Crippen LogP contribution in [0.3, 0.4) is 0 Å². The van der Waals surface area contributed by atoms with Gasteiger partial charge in [0.2, 0.25) is 0 Å². The lowest BCUT2D eigenvalue weighted by atomic mass is 9.85. The van der Waals surface area contributed by atoms with E-state index in [9.17, 15) is 0 Å². The van der Waals surface area contributed by atoms with Crippen LogP contribution in [0.4, 0.5) is 0 Å². The van der Waals surface area contributed by atoms with Crippen LogP contribution in [0, 0.1) is 5.92 Å². The highest BCUT2D eigenvalue weighted by Crippen LogP contribution is 2.32. The summed E-state index contributed by atoms with van der Waals surface area (Å²) in [6.07, 6.45) is 8.60. The fourth-order valence-electron chi connectivity index (χ4n) is 2.97. The van der Waals surface area contributed by atoms with Gasteiger partial charge in [0.1, 0.15) is 0 Å². The van der Waals surface area contributed by atoms with Gasteiger partial charge in [0, 0.05) is 23.8 Å². The van der Waals surface area contributed by atoms with Crippen molar-refractivity contribution in [1.82, 2.24) is 10.4 Å². The molecule has 2 rings (SSSR count). The lowest BCUT2D eigenvalue weighted by molar-refractivity contribution is 0.328. The molecule has 2 atom stereocenters. The molecule has 0 spiro atoms. The summed E-state index contributed by atoms with van der Waals surface area (Å²) in [5.41, 5.74) is 4.34. The molecule has 1 heterocycles. The van der Waals surface area contributed by atoms with Crippen molar-refractivity contribution in [2.24, 2.45) is 11.8 Å². The molecule has 20 heavy (non-hydrogen) atoms. The lowest BCUT2D eigenvalue weighted by Crippen LogP contribution is -2.33. The van der Waals surface area contributed by atoms with E-state index in [1.807, 2.05) is 12.4 Å². The Labute approximate surface area is 121 Å². The molecule has 0 radical (unpaired) electrons. The summed E-state index contributed by atoms with van der Waals surface area (Å²) in [5, 5.41) is 2.43. The molecule has 108 valence electrons. The van der Waals surface area contributed by atoms with E-state index < -0.39 is 0 Å². The largest absolute Gasteiger partial charge is 0.271 e. The molecule has 1 aromatic heterocycles. The summed E-state index contributed by atoms with van der Waals surface area (Å²) in [5.74, 6) is 6.45. The molecule has 0 amide bonds. The SMILES string of the molecule is CCCCC(CC)C(NN)c1cccc2cnccc12. The lowest BCUT2D eigenvalue weighted by Gasteiger charge is -2.27. The Hall–Kier alpha value is -1.45. The summed E-state index contributed by atoms with van der Waals surface area (Å²) >= 11 is 0. The van der Waals surface area contributed by atoms with Crippen LogP contribution in [0.25, 0.3) is 10.8 Å². The van der Waals surface area contributed by atoms with Gasteiger partial charge in [0.25, 0.3) is 0 Å². The standard InChI is InChI=1S/C17H25N3/c1-3-5-7-13(4-2)17(20-18)16-9-6-8-14-12-19-11-10-15(14)16/h6,8-13,17,20H,3-5,7,18H2,1-2H3. The molecule has 1 aromatic carbocycles.